The van der Waals surface area contributed by atoms with Crippen molar-refractivity contribution in [2.24, 2.45) is 0 Å². The molecule has 7 heteroatoms. The minimum absolute atomic E-state index is 0. The van der Waals surface area contributed by atoms with Crippen LogP contribution in [0, 0.1) is 11.3 Å². The van der Waals surface area contributed by atoms with Gasteiger partial charge in [0.05, 0.1) is 0 Å². The molecule has 1 aromatic heterocycles. The van der Waals surface area contributed by atoms with E-state index < -0.39 is 11.8 Å². The third-order valence-electron chi connectivity index (χ3n) is 1.06. The summed E-state index contributed by atoms with van der Waals surface area (Å²) in [4.78, 5) is 0.0965. The van der Waals surface area contributed by atoms with Crippen LogP contribution in [0.3, 0.4) is 0 Å². The fourth-order valence-corrected chi connectivity index (χ4v) is 1.29. The maximum atomic E-state index is 11.9. The number of nitrogens with zero attached hydrogens (tertiary/aromatic N) is 1. The zero-order valence-electron chi connectivity index (χ0n) is 6.22. The van der Waals surface area contributed by atoms with E-state index >= 15 is 0 Å². The smallest absolute Gasteiger partial charge is 0.444 e. The normalized spacial score (nSPS) is 10.2. The van der Waals surface area contributed by atoms with Crippen LogP contribution in [0.2, 0.25) is 0 Å². The number of thiophene rings is 1. The second-order valence-corrected chi connectivity index (χ2v) is 3.00. The predicted molar refractivity (Wildman–Crippen MR) is 37.7 cm³/mol. The van der Waals surface area contributed by atoms with E-state index in [-0.39, 0.29) is 56.3 Å². The molecule has 0 radical (unpaired) electrons. The van der Waals surface area contributed by atoms with Crippen LogP contribution in [0.15, 0.2) is 12.1 Å². The van der Waals surface area contributed by atoms with E-state index in [1.54, 1.807) is 6.07 Å². The van der Waals surface area contributed by atoms with E-state index in [9.17, 15) is 12.9 Å². The quantitative estimate of drug-likeness (QED) is 0.533. The van der Waals surface area contributed by atoms with Gasteiger partial charge in [-0.1, -0.05) is 10.8 Å². The first-order valence-corrected chi connectivity index (χ1v) is 3.55. The summed E-state index contributed by atoms with van der Waals surface area (Å²) in [5.41, 5.74) is 0. The first-order chi connectivity index (χ1) is 5.04. The molecule has 58 valence electrons. The molecule has 0 aliphatic carbocycles. The van der Waals surface area contributed by atoms with Gasteiger partial charge in [0.15, 0.2) is 0 Å². The van der Waals surface area contributed by atoms with Crippen molar-refractivity contribution in [3.05, 3.63) is 17.0 Å². The number of hydrogen-bond acceptors (Lipinski definition) is 2. The third kappa shape index (κ3) is 3.20. The Morgan fingerprint density at radius 1 is 1.33 bits per heavy atom. The van der Waals surface area contributed by atoms with Crippen LogP contribution >= 0.6 is 11.3 Å². The Kier molecular flexibility index (Phi) is 5.06. The summed E-state index contributed by atoms with van der Waals surface area (Å²) in [5, 5.41) is 8.22. The molecule has 1 aromatic rings. The van der Waals surface area contributed by atoms with E-state index in [1.807, 2.05) is 0 Å². The van der Waals surface area contributed by atoms with Gasteiger partial charge < -0.3 is 12.9 Å². The van der Waals surface area contributed by atoms with Crippen molar-refractivity contribution in [2.75, 3.05) is 0 Å². The molecule has 1 heterocycles. The first kappa shape index (κ1) is 12.7. The number of nitriles is 1. The minimum atomic E-state index is -4.92. The van der Waals surface area contributed by atoms with Gasteiger partial charge in [0.25, 0.3) is 0 Å². The van der Waals surface area contributed by atoms with Crippen LogP contribution in [0.4, 0.5) is 12.9 Å². The summed E-state index contributed by atoms with van der Waals surface area (Å²) in [6.45, 7) is -4.92. The van der Waals surface area contributed by atoms with E-state index in [4.69, 9.17) is 5.26 Å². The number of hydrogen-bond donors (Lipinski definition) is 0. The van der Waals surface area contributed by atoms with Gasteiger partial charge in [0.2, 0.25) is 0 Å². The number of halogens is 3. The molecule has 0 aliphatic heterocycles. The molecule has 0 atom stereocenters. The van der Waals surface area contributed by atoms with Gasteiger partial charge in [-0.05, 0) is 6.07 Å². The van der Waals surface area contributed by atoms with Crippen LogP contribution in [0.5, 0.6) is 0 Å². The van der Waals surface area contributed by atoms with Crippen LogP contribution in [0.1, 0.15) is 4.88 Å². The molecule has 0 aromatic carbocycles. The second-order valence-electron chi connectivity index (χ2n) is 1.89. The van der Waals surface area contributed by atoms with Crippen molar-refractivity contribution in [3.8, 4) is 6.07 Å². The molecule has 1 rings (SSSR count). The van der Waals surface area contributed by atoms with E-state index in [1.165, 1.54) is 6.07 Å². The molecule has 0 unspecified atom stereocenters. The Balaban J connectivity index is 0.00000121. The summed E-state index contributed by atoms with van der Waals surface area (Å²) in [7, 11) is 0. The van der Waals surface area contributed by atoms with Crippen LogP contribution in [0.25, 0.3) is 0 Å². The van der Waals surface area contributed by atoms with E-state index in [2.05, 4.69) is 0 Å². The Morgan fingerprint density at radius 3 is 2.17 bits per heavy atom. The van der Waals surface area contributed by atoms with Crippen molar-refractivity contribution in [2.45, 2.75) is 0 Å². The summed E-state index contributed by atoms with van der Waals surface area (Å²) in [6, 6.07) is 3.76. The average molecular weight is 215 g/mol. The summed E-state index contributed by atoms with van der Waals surface area (Å²) >= 11 is 0.481. The summed E-state index contributed by atoms with van der Waals surface area (Å²) < 4.78 is 35.0. The zero-order chi connectivity index (χ0) is 8.48. The molecule has 0 saturated carbocycles. The molecule has 12 heavy (non-hydrogen) atoms. The molecule has 0 saturated heterocycles. The zero-order valence-corrected chi connectivity index (χ0v) is 10.2. The fourth-order valence-electron chi connectivity index (χ4n) is 0.589. The van der Waals surface area contributed by atoms with E-state index in [0.29, 0.717) is 11.3 Å². The van der Waals surface area contributed by atoms with E-state index in [0.717, 1.165) is 6.07 Å². The maximum absolute atomic E-state index is 11.9. The number of rotatable bonds is 1. The van der Waals surface area contributed by atoms with Crippen molar-refractivity contribution < 1.29 is 64.3 Å². The standard InChI is InChI=1S/C5H2BF3NS.K/c7-6(8,9)5-2-1-4(3-10)11-5;/h1-2H;/q-1;+1. The van der Waals surface area contributed by atoms with Crippen molar-refractivity contribution in [3.63, 3.8) is 0 Å². The fraction of sp³-hybridized carbons (Fsp3) is 0. The molecular weight excluding hydrogens is 213 g/mol. The SMILES string of the molecule is N#Cc1ccc([B-](F)(F)F)s1.[K+]. The summed E-state index contributed by atoms with van der Waals surface area (Å²) in [5.74, 6) is 0. The third-order valence-corrected chi connectivity index (χ3v) is 2.15. The molecule has 0 bridgehead atoms. The van der Waals surface area contributed by atoms with Crippen molar-refractivity contribution >= 4 is 23.1 Å². The maximum Gasteiger partial charge on any atom is 1.00 e. The molecule has 0 spiro atoms. The van der Waals surface area contributed by atoms with Gasteiger partial charge in [-0.3, -0.25) is 0 Å². The van der Waals surface area contributed by atoms with Gasteiger partial charge in [0.1, 0.15) is 10.9 Å². The molecule has 0 amide bonds. The van der Waals surface area contributed by atoms with Gasteiger partial charge in [-0.15, -0.1) is 0 Å². The Hall–Kier alpha value is 0.681. The van der Waals surface area contributed by atoms with Gasteiger partial charge in [-0.25, -0.2) is 0 Å². The van der Waals surface area contributed by atoms with Crippen molar-refractivity contribution in [1.82, 2.24) is 0 Å². The molecule has 0 N–H and O–H groups in total. The van der Waals surface area contributed by atoms with Gasteiger partial charge >= 0.3 is 58.4 Å². The molecule has 1 nitrogen and oxygen atoms in total. The van der Waals surface area contributed by atoms with Gasteiger partial charge in [-0.2, -0.15) is 16.6 Å². The Labute approximate surface area is 114 Å². The minimum Gasteiger partial charge on any atom is -0.444 e. The average Bonchev–Trinajstić information content (AvgIpc) is 2.32. The molecule has 0 aliphatic rings. The topological polar surface area (TPSA) is 23.8 Å². The monoisotopic (exact) mass is 215 g/mol. The van der Waals surface area contributed by atoms with Crippen molar-refractivity contribution in [1.29, 1.82) is 5.26 Å². The first-order valence-electron chi connectivity index (χ1n) is 2.74. The Morgan fingerprint density at radius 2 is 1.92 bits per heavy atom. The largest absolute Gasteiger partial charge is 1.00 e. The Bertz CT molecular complexity index is 302. The van der Waals surface area contributed by atoms with Crippen LogP contribution < -0.4 is 56.2 Å². The van der Waals surface area contributed by atoms with Crippen LogP contribution in [-0.4, -0.2) is 6.98 Å². The predicted octanol–water partition coefficient (Wildman–Crippen LogP) is -1.32. The summed E-state index contributed by atoms with van der Waals surface area (Å²) in [6.07, 6.45) is 0. The van der Waals surface area contributed by atoms with Gasteiger partial charge in [0, 0.05) is 0 Å². The van der Waals surface area contributed by atoms with Crippen LogP contribution in [-0.2, 0) is 0 Å². The second kappa shape index (κ2) is 4.79. The molecule has 0 fully saturated rings. The molecular formula is C5H2BF3KNS.